The average Bonchev–Trinajstić information content (AvgIpc) is 3.00. The van der Waals surface area contributed by atoms with Crippen LogP contribution in [-0.2, 0) is 0 Å². The second kappa shape index (κ2) is 6.22. The van der Waals surface area contributed by atoms with Crippen LogP contribution in [0.5, 0.6) is 0 Å². The number of hydrogen-bond acceptors (Lipinski definition) is 5. The molecule has 8 heteroatoms. The summed E-state index contributed by atoms with van der Waals surface area (Å²) in [6.45, 7) is -0.192. The number of fused-ring (bicyclic) bond motifs is 1. The van der Waals surface area contributed by atoms with Gasteiger partial charge < -0.3 is 9.73 Å². The molecule has 0 radical (unpaired) electrons. The van der Waals surface area contributed by atoms with E-state index in [1.807, 2.05) is 11.0 Å². The maximum Gasteiger partial charge on any atom is 0.272 e. The van der Waals surface area contributed by atoms with E-state index in [2.05, 4.69) is 26.2 Å². The lowest BCUT2D eigenvalue weighted by molar-refractivity contribution is -0.149. The maximum absolute atomic E-state index is 13.0. The molecule has 2 aliphatic rings. The molecule has 0 aromatic carbocycles. The van der Waals surface area contributed by atoms with Gasteiger partial charge in [0.2, 0.25) is 5.76 Å². The lowest BCUT2D eigenvalue weighted by atomic mass is 9.88. The van der Waals surface area contributed by atoms with E-state index in [0.29, 0.717) is 5.58 Å². The van der Waals surface area contributed by atoms with Gasteiger partial charge in [0.15, 0.2) is 5.58 Å². The van der Waals surface area contributed by atoms with Gasteiger partial charge >= 0.3 is 0 Å². The van der Waals surface area contributed by atoms with E-state index in [1.165, 1.54) is 0 Å². The fraction of sp³-hybridized carbons (Fsp3) is 0.529. The van der Waals surface area contributed by atoms with Gasteiger partial charge in [0.05, 0.1) is 23.8 Å². The molecular formula is C17H17BrF2N4O. The number of alkyl halides is 2. The van der Waals surface area contributed by atoms with Crippen molar-refractivity contribution in [2.45, 2.75) is 43.7 Å². The molecule has 0 unspecified atom stereocenters. The number of rotatable bonds is 3. The number of likely N-dealkylation sites (tertiary alicyclic amines) is 1. The highest BCUT2D eigenvalue weighted by Crippen LogP contribution is 2.36. The fourth-order valence-corrected chi connectivity index (χ4v) is 4.25. The summed E-state index contributed by atoms with van der Waals surface area (Å²) in [5, 5.41) is 13.2. The summed E-state index contributed by atoms with van der Waals surface area (Å²) in [5.41, 5.74) is 0.566. The van der Waals surface area contributed by atoms with Gasteiger partial charge in [0.25, 0.3) is 5.92 Å². The predicted octanol–water partition coefficient (Wildman–Crippen LogP) is 4.14. The Balaban J connectivity index is 1.39. The summed E-state index contributed by atoms with van der Waals surface area (Å²) in [5.74, 6) is -1.52. The van der Waals surface area contributed by atoms with Crippen molar-refractivity contribution in [2.75, 3.05) is 18.4 Å². The van der Waals surface area contributed by atoms with Crippen molar-refractivity contribution in [1.29, 1.82) is 5.26 Å². The smallest absolute Gasteiger partial charge is 0.272 e. The third kappa shape index (κ3) is 3.23. The molecule has 3 heterocycles. The molecule has 0 atom stereocenters. The third-order valence-electron chi connectivity index (χ3n) is 5.05. The van der Waals surface area contributed by atoms with Gasteiger partial charge in [0.1, 0.15) is 11.9 Å². The molecule has 132 valence electrons. The zero-order valence-electron chi connectivity index (χ0n) is 13.4. The van der Waals surface area contributed by atoms with E-state index < -0.39 is 5.92 Å². The number of anilines is 1. The van der Waals surface area contributed by atoms with Crippen LogP contribution in [-0.4, -0.2) is 41.0 Å². The predicted molar refractivity (Wildman–Crippen MR) is 92.6 cm³/mol. The Bertz CT molecular complexity index is 831. The second-order valence-corrected chi connectivity index (χ2v) is 7.62. The van der Waals surface area contributed by atoms with E-state index in [9.17, 15) is 8.78 Å². The summed E-state index contributed by atoms with van der Waals surface area (Å²) in [4.78, 5) is 6.27. The molecule has 2 aromatic rings. The van der Waals surface area contributed by atoms with E-state index in [1.54, 1.807) is 12.3 Å². The number of pyridine rings is 1. The number of furan rings is 1. The van der Waals surface area contributed by atoms with Gasteiger partial charge in [-0.25, -0.2) is 13.8 Å². The molecule has 5 nitrogen and oxygen atoms in total. The first-order valence-corrected chi connectivity index (χ1v) is 9.11. The molecular weight excluding hydrogens is 394 g/mol. The van der Waals surface area contributed by atoms with Gasteiger partial charge in [-0.2, -0.15) is 5.26 Å². The summed E-state index contributed by atoms with van der Waals surface area (Å²) in [6.07, 6.45) is 5.29. The number of nitriles is 1. The van der Waals surface area contributed by atoms with Crippen molar-refractivity contribution in [2.24, 2.45) is 0 Å². The van der Waals surface area contributed by atoms with Gasteiger partial charge in [-0.3, -0.25) is 4.90 Å². The maximum atomic E-state index is 13.0. The minimum Gasteiger partial charge on any atom is -0.444 e. The number of halogens is 3. The Hall–Kier alpha value is -1.72. The van der Waals surface area contributed by atoms with Crippen molar-refractivity contribution < 1.29 is 13.2 Å². The number of hydrogen-bond donors (Lipinski definition) is 1. The van der Waals surface area contributed by atoms with Crippen LogP contribution in [0.3, 0.4) is 0 Å². The molecule has 0 bridgehead atoms. The Labute approximate surface area is 152 Å². The molecule has 1 saturated carbocycles. The Morgan fingerprint density at radius 3 is 2.68 bits per heavy atom. The van der Waals surface area contributed by atoms with Gasteiger partial charge in [-0.05, 0) is 41.6 Å². The molecule has 1 aliphatic carbocycles. The van der Waals surface area contributed by atoms with Crippen LogP contribution >= 0.6 is 15.9 Å². The largest absolute Gasteiger partial charge is 0.444 e. The highest BCUT2D eigenvalue weighted by molar-refractivity contribution is 9.10. The summed E-state index contributed by atoms with van der Waals surface area (Å²) in [6, 6.07) is 4.20. The quantitative estimate of drug-likeness (QED) is 0.823. The standard InChI is InChI=1S/C17H17BrF2N4O/c18-15-13-5-12(6-21)25-14(13)7-22-16(15)23-10-1-3-11(4-2-10)24-8-17(19,20)9-24/h5,7,10-11H,1-4,8-9H2,(H,22,23). The SMILES string of the molecule is N#Cc1cc2c(Br)c(NC3CCC(N4CC(F)(F)C4)CC3)ncc2o1. The zero-order chi connectivity index (χ0) is 17.6. The van der Waals surface area contributed by atoms with Crippen LogP contribution in [0.15, 0.2) is 21.2 Å². The van der Waals surface area contributed by atoms with Crippen LogP contribution in [0, 0.1) is 11.3 Å². The number of nitrogens with zero attached hydrogens (tertiary/aromatic N) is 3. The van der Waals surface area contributed by atoms with Gasteiger partial charge in [0, 0.05) is 23.5 Å². The molecule has 0 spiro atoms. The minimum atomic E-state index is -2.49. The van der Waals surface area contributed by atoms with Crippen LogP contribution in [0.1, 0.15) is 31.4 Å². The van der Waals surface area contributed by atoms with E-state index >= 15 is 0 Å². The first kappa shape index (κ1) is 16.7. The summed E-state index contributed by atoms with van der Waals surface area (Å²) < 4.78 is 32.2. The summed E-state index contributed by atoms with van der Waals surface area (Å²) in [7, 11) is 0. The van der Waals surface area contributed by atoms with Gasteiger partial charge in [-0.15, -0.1) is 0 Å². The van der Waals surface area contributed by atoms with Crippen LogP contribution < -0.4 is 5.32 Å². The van der Waals surface area contributed by atoms with Crippen molar-refractivity contribution >= 4 is 32.7 Å². The molecule has 1 N–H and O–H groups in total. The highest BCUT2D eigenvalue weighted by atomic mass is 79.9. The molecule has 2 aromatic heterocycles. The first-order chi connectivity index (χ1) is 11.9. The number of nitrogens with one attached hydrogen (secondary N) is 1. The average molecular weight is 411 g/mol. The minimum absolute atomic E-state index is 0.0960. The number of aromatic nitrogens is 1. The summed E-state index contributed by atoms with van der Waals surface area (Å²) >= 11 is 3.53. The van der Waals surface area contributed by atoms with Crippen LogP contribution in [0.4, 0.5) is 14.6 Å². The second-order valence-electron chi connectivity index (χ2n) is 6.83. The molecule has 1 aliphatic heterocycles. The lowest BCUT2D eigenvalue weighted by Gasteiger charge is -2.46. The molecule has 0 amide bonds. The van der Waals surface area contributed by atoms with Crippen molar-refractivity contribution in [3.05, 3.63) is 22.5 Å². The van der Waals surface area contributed by atoms with Crippen LogP contribution in [0.2, 0.25) is 0 Å². The topological polar surface area (TPSA) is 65.1 Å². The highest BCUT2D eigenvalue weighted by Gasteiger charge is 2.46. The molecule has 2 fully saturated rings. The molecule has 25 heavy (non-hydrogen) atoms. The van der Waals surface area contributed by atoms with E-state index in [4.69, 9.17) is 9.68 Å². The Kier molecular flexibility index (Phi) is 4.16. The molecule has 1 saturated heterocycles. The van der Waals surface area contributed by atoms with Crippen molar-refractivity contribution in [3.63, 3.8) is 0 Å². The zero-order valence-corrected chi connectivity index (χ0v) is 15.0. The van der Waals surface area contributed by atoms with Crippen molar-refractivity contribution in [3.8, 4) is 6.07 Å². The van der Waals surface area contributed by atoms with Crippen molar-refractivity contribution in [1.82, 2.24) is 9.88 Å². The normalized spacial score (nSPS) is 26.2. The Morgan fingerprint density at radius 2 is 2.04 bits per heavy atom. The van der Waals surface area contributed by atoms with Gasteiger partial charge in [-0.1, -0.05) is 0 Å². The lowest BCUT2D eigenvalue weighted by Crippen LogP contribution is -2.60. The first-order valence-electron chi connectivity index (χ1n) is 8.32. The fourth-order valence-electron chi connectivity index (χ4n) is 3.72. The monoisotopic (exact) mass is 410 g/mol. The van der Waals surface area contributed by atoms with E-state index in [-0.39, 0.29) is 30.9 Å². The van der Waals surface area contributed by atoms with E-state index in [0.717, 1.165) is 41.4 Å². The van der Waals surface area contributed by atoms with Crippen LogP contribution in [0.25, 0.3) is 11.0 Å². The third-order valence-corrected chi connectivity index (χ3v) is 5.85. The molecule has 4 rings (SSSR count). The Morgan fingerprint density at radius 1 is 1.32 bits per heavy atom.